The molecule has 0 saturated carbocycles. The van der Waals surface area contributed by atoms with E-state index in [0.29, 0.717) is 17.6 Å². The van der Waals surface area contributed by atoms with E-state index in [0.717, 1.165) is 32.0 Å². The average Bonchev–Trinajstić information content (AvgIpc) is 3.28. The molecule has 0 atom stereocenters. The number of rotatable bonds is 7. The maximum atomic E-state index is 12.8. The van der Waals surface area contributed by atoms with Gasteiger partial charge in [0.25, 0.3) is 11.5 Å². The van der Waals surface area contributed by atoms with Gasteiger partial charge in [0, 0.05) is 19.0 Å². The molecule has 2 heterocycles. The zero-order chi connectivity index (χ0) is 25.2. The summed E-state index contributed by atoms with van der Waals surface area (Å²) in [5, 5.41) is 2.78. The SMILES string of the molecule is COc1ccc2cc(CN(C)C(=O)COC(=O)Cn3cnc4c(oc5ccccc54)c3=O)ccc2c1. The van der Waals surface area contributed by atoms with Crippen LogP contribution in [0.1, 0.15) is 5.56 Å². The van der Waals surface area contributed by atoms with Crippen LogP contribution in [0.3, 0.4) is 0 Å². The molecule has 9 heteroatoms. The molecular weight excluding hydrogens is 462 g/mol. The first-order valence-corrected chi connectivity index (χ1v) is 11.3. The van der Waals surface area contributed by atoms with Crippen LogP contribution < -0.4 is 10.3 Å². The average molecular weight is 485 g/mol. The van der Waals surface area contributed by atoms with E-state index in [1.165, 1.54) is 11.2 Å². The fourth-order valence-corrected chi connectivity index (χ4v) is 4.03. The largest absolute Gasteiger partial charge is 0.497 e. The molecule has 0 saturated heterocycles. The number of hydrogen-bond acceptors (Lipinski definition) is 7. The number of nitrogens with zero attached hydrogens (tertiary/aromatic N) is 3. The van der Waals surface area contributed by atoms with Gasteiger partial charge in [0.1, 0.15) is 23.4 Å². The Bertz CT molecular complexity index is 1670. The van der Waals surface area contributed by atoms with Gasteiger partial charge in [0.2, 0.25) is 5.58 Å². The van der Waals surface area contributed by atoms with Crippen molar-refractivity contribution in [1.82, 2.24) is 14.5 Å². The second kappa shape index (κ2) is 9.53. The number of amides is 1. The van der Waals surface area contributed by atoms with Crippen molar-refractivity contribution in [1.29, 1.82) is 0 Å². The second-order valence-electron chi connectivity index (χ2n) is 8.41. The smallest absolute Gasteiger partial charge is 0.326 e. The minimum Gasteiger partial charge on any atom is -0.497 e. The maximum absolute atomic E-state index is 12.8. The first-order chi connectivity index (χ1) is 17.4. The number of methoxy groups -OCH3 is 1. The van der Waals surface area contributed by atoms with Gasteiger partial charge in [0.15, 0.2) is 6.61 Å². The summed E-state index contributed by atoms with van der Waals surface area (Å²) in [6, 6.07) is 18.9. The molecule has 0 spiro atoms. The summed E-state index contributed by atoms with van der Waals surface area (Å²) < 4.78 is 17.1. The first kappa shape index (κ1) is 23.1. The second-order valence-corrected chi connectivity index (χ2v) is 8.41. The Morgan fingerprint density at radius 3 is 2.67 bits per heavy atom. The minimum absolute atomic E-state index is 0.0659. The van der Waals surface area contributed by atoms with E-state index in [1.807, 2.05) is 48.5 Å². The Balaban J connectivity index is 1.20. The lowest BCUT2D eigenvalue weighted by Gasteiger charge is -2.17. The van der Waals surface area contributed by atoms with Crippen LogP contribution in [-0.4, -0.2) is 47.1 Å². The molecule has 3 aromatic carbocycles. The number of para-hydroxylation sites is 1. The van der Waals surface area contributed by atoms with Crippen molar-refractivity contribution < 1.29 is 23.5 Å². The van der Waals surface area contributed by atoms with Gasteiger partial charge in [-0.25, -0.2) is 4.98 Å². The molecule has 182 valence electrons. The van der Waals surface area contributed by atoms with Gasteiger partial charge in [-0.2, -0.15) is 0 Å². The molecule has 0 bridgehead atoms. The standard InChI is InChI=1S/C27H23N3O6/c1-29(13-17-7-8-19-12-20(34-2)10-9-18(19)11-17)23(31)15-35-24(32)14-30-16-28-25-21-5-3-4-6-22(21)36-26(25)27(30)33/h3-12,16H,13-15H2,1-2H3. The molecule has 0 radical (unpaired) electrons. The lowest BCUT2D eigenvalue weighted by molar-refractivity contribution is -0.152. The van der Waals surface area contributed by atoms with E-state index in [4.69, 9.17) is 13.9 Å². The van der Waals surface area contributed by atoms with E-state index >= 15 is 0 Å². The fourth-order valence-electron chi connectivity index (χ4n) is 4.03. The van der Waals surface area contributed by atoms with E-state index in [9.17, 15) is 14.4 Å². The number of aromatic nitrogens is 2. The normalized spacial score (nSPS) is 11.2. The maximum Gasteiger partial charge on any atom is 0.326 e. The third kappa shape index (κ3) is 4.50. The molecule has 5 aromatic rings. The van der Waals surface area contributed by atoms with Crippen molar-refractivity contribution in [3.63, 3.8) is 0 Å². The number of carbonyl (C=O) groups excluding carboxylic acids is 2. The molecule has 1 amide bonds. The van der Waals surface area contributed by atoms with Crippen molar-refractivity contribution >= 4 is 44.7 Å². The number of benzene rings is 3. The topological polar surface area (TPSA) is 104 Å². The van der Waals surface area contributed by atoms with Gasteiger partial charge >= 0.3 is 5.97 Å². The molecule has 0 unspecified atom stereocenters. The molecule has 0 aliphatic rings. The Kier molecular flexibility index (Phi) is 6.12. The summed E-state index contributed by atoms with van der Waals surface area (Å²) in [7, 11) is 3.26. The summed E-state index contributed by atoms with van der Waals surface area (Å²) in [4.78, 5) is 43.4. The van der Waals surface area contributed by atoms with Crippen LogP contribution in [0.15, 0.2) is 76.2 Å². The Morgan fingerprint density at radius 2 is 1.83 bits per heavy atom. The summed E-state index contributed by atoms with van der Waals surface area (Å²) in [6.45, 7) is -0.469. The van der Waals surface area contributed by atoms with Gasteiger partial charge < -0.3 is 18.8 Å². The van der Waals surface area contributed by atoms with Gasteiger partial charge in [-0.15, -0.1) is 0 Å². The Morgan fingerprint density at radius 1 is 1.06 bits per heavy atom. The molecule has 9 nitrogen and oxygen atoms in total. The van der Waals surface area contributed by atoms with Crippen molar-refractivity contribution in [2.24, 2.45) is 0 Å². The summed E-state index contributed by atoms with van der Waals surface area (Å²) >= 11 is 0. The zero-order valence-electron chi connectivity index (χ0n) is 19.8. The number of carbonyl (C=O) groups is 2. The van der Waals surface area contributed by atoms with E-state index in [-0.39, 0.29) is 18.0 Å². The lowest BCUT2D eigenvalue weighted by Crippen LogP contribution is -2.32. The highest BCUT2D eigenvalue weighted by Crippen LogP contribution is 2.24. The molecule has 2 aromatic heterocycles. The van der Waals surface area contributed by atoms with Crippen LogP contribution in [-0.2, 0) is 27.4 Å². The van der Waals surface area contributed by atoms with Gasteiger partial charge in [0.05, 0.1) is 13.4 Å². The third-order valence-corrected chi connectivity index (χ3v) is 5.96. The van der Waals surface area contributed by atoms with Crippen LogP contribution in [0.2, 0.25) is 0 Å². The molecule has 5 rings (SSSR count). The minimum atomic E-state index is -0.726. The summed E-state index contributed by atoms with van der Waals surface area (Å²) in [5.74, 6) is -0.313. The number of esters is 1. The summed E-state index contributed by atoms with van der Waals surface area (Å²) in [5.41, 5.74) is 1.48. The van der Waals surface area contributed by atoms with E-state index < -0.39 is 18.1 Å². The molecule has 0 aliphatic heterocycles. The van der Waals surface area contributed by atoms with Crippen molar-refractivity contribution in [2.75, 3.05) is 20.8 Å². The van der Waals surface area contributed by atoms with Crippen LogP contribution >= 0.6 is 0 Å². The number of likely N-dealkylation sites (N-methyl/N-ethyl adjacent to an activating group) is 1. The summed E-state index contributed by atoms with van der Waals surface area (Å²) in [6.07, 6.45) is 1.27. The fraction of sp³-hybridized carbons (Fsp3) is 0.185. The molecule has 0 aliphatic carbocycles. The molecular formula is C27H23N3O6. The quantitative estimate of drug-likeness (QED) is 0.325. The van der Waals surface area contributed by atoms with Gasteiger partial charge in [-0.05, 0) is 46.7 Å². The van der Waals surface area contributed by atoms with Crippen molar-refractivity contribution in [3.05, 3.63) is 82.9 Å². The number of furan rings is 1. The Labute approximate surface area is 205 Å². The molecule has 36 heavy (non-hydrogen) atoms. The van der Waals surface area contributed by atoms with E-state index in [1.54, 1.807) is 26.3 Å². The first-order valence-electron chi connectivity index (χ1n) is 11.3. The monoisotopic (exact) mass is 485 g/mol. The van der Waals surface area contributed by atoms with Crippen molar-refractivity contribution in [2.45, 2.75) is 13.1 Å². The molecule has 0 N–H and O–H groups in total. The van der Waals surface area contributed by atoms with Crippen LogP contribution in [0.4, 0.5) is 0 Å². The predicted molar refractivity (Wildman–Crippen MR) is 134 cm³/mol. The highest BCUT2D eigenvalue weighted by atomic mass is 16.5. The number of ether oxygens (including phenoxy) is 2. The lowest BCUT2D eigenvalue weighted by atomic mass is 10.1. The van der Waals surface area contributed by atoms with Crippen LogP contribution in [0.5, 0.6) is 5.75 Å². The van der Waals surface area contributed by atoms with Gasteiger partial charge in [-0.1, -0.05) is 30.3 Å². The molecule has 0 fully saturated rings. The highest BCUT2D eigenvalue weighted by molar-refractivity contribution is 6.01. The predicted octanol–water partition coefficient (Wildman–Crippen LogP) is 3.51. The Hall–Kier alpha value is -4.66. The van der Waals surface area contributed by atoms with Crippen LogP contribution in [0.25, 0.3) is 32.8 Å². The number of fused-ring (bicyclic) bond motifs is 4. The van der Waals surface area contributed by atoms with Gasteiger partial charge in [-0.3, -0.25) is 19.0 Å². The van der Waals surface area contributed by atoms with E-state index in [2.05, 4.69) is 4.98 Å². The van der Waals surface area contributed by atoms with Crippen LogP contribution in [0, 0.1) is 0 Å². The highest BCUT2D eigenvalue weighted by Gasteiger charge is 2.17. The van der Waals surface area contributed by atoms with Crippen molar-refractivity contribution in [3.8, 4) is 5.75 Å². The zero-order valence-corrected chi connectivity index (χ0v) is 19.8. The number of hydrogen-bond donors (Lipinski definition) is 0. The third-order valence-electron chi connectivity index (χ3n) is 5.96.